The summed E-state index contributed by atoms with van der Waals surface area (Å²) >= 11 is 9.47. The maximum atomic E-state index is 5.95. The number of methoxy groups -OCH3 is 1. The second-order valence-electron chi connectivity index (χ2n) is 4.84. The van der Waals surface area contributed by atoms with Crippen molar-refractivity contribution in [3.63, 3.8) is 0 Å². The monoisotopic (exact) mass is 367 g/mol. The van der Waals surface area contributed by atoms with Crippen molar-refractivity contribution in [2.75, 3.05) is 19.5 Å². The zero-order valence-corrected chi connectivity index (χ0v) is 14.4. The molecule has 0 bridgehead atoms. The molecule has 4 heteroatoms. The highest BCUT2D eigenvalue weighted by Gasteiger charge is 2.11. The van der Waals surface area contributed by atoms with Gasteiger partial charge >= 0.3 is 0 Å². The number of benzene rings is 2. The molecule has 0 aliphatic rings. The number of rotatable bonds is 7. The van der Waals surface area contributed by atoms with E-state index in [2.05, 4.69) is 51.2 Å². The maximum Gasteiger partial charge on any atom is 0.123 e. The molecular weight excluding hydrogens is 350 g/mol. The summed E-state index contributed by atoms with van der Waals surface area (Å²) in [6, 6.07) is 16.5. The van der Waals surface area contributed by atoms with Crippen LogP contribution in [0.3, 0.4) is 0 Å². The Morgan fingerprint density at radius 3 is 2.52 bits per heavy atom. The molecule has 0 saturated carbocycles. The molecule has 0 unspecified atom stereocenters. The Morgan fingerprint density at radius 1 is 1.10 bits per heavy atom. The van der Waals surface area contributed by atoms with Crippen LogP contribution in [-0.2, 0) is 13.1 Å². The minimum atomic E-state index is 0.614. The second kappa shape index (κ2) is 8.42. The molecule has 2 aromatic rings. The molecule has 0 aromatic heterocycles. The van der Waals surface area contributed by atoms with Gasteiger partial charge in [0, 0.05) is 35.6 Å². The zero-order valence-electron chi connectivity index (χ0n) is 12.1. The average molecular weight is 369 g/mol. The first-order valence-electron chi connectivity index (χ1n) is 6.87. The van der Waals surface area contributed by atoms with Crippen LogP contribution >= 0.6 is 27.5 Å². The molecule has 0 amide bonds. The summed E-state index contributed by atoms with van der Waals surface area (Å²) in [4.78, 5) is 2.33. The first-order valence-corrected chi connectivity index (χ1v) is 8.20. The van der Waals surface area contributed by atoms with Crippen LogP contribution in [0.4, 0.5) is 0 Å². The molecule has 0 saturated heterocycles. The van der Waals surface area contributed by atoms with E-state index in [1.165, 1.54) is 5.56 Å². The molecule has 2 rings (SSSR count). The van der Waals surface area contributed by atoms with E-state index < -0.39 is 0 Å². The van der Waals surface area contributed by atoms with E-state index in [1.54, 1.807) is 7.11 Å². The van der Waals surface area contributed by atoms with Gasteiger partial charge in [-0.25, -0.2) is 0 Å². The lowest BCUT2D eigenvalue weighted by Gasteiger charge is -2.22. The predicted molar refractivity (Wildman–Crippen MR) is 92.0 cm³/mol. The minimum Gasteiger partial charge on any atom is -0.496 e. The van der Waals surface area contributed by atoms with Crippen molar-refractivity contribution in [3.8, 4) is 5.75 Å². The van der Waals surface area contributed by atoms with E-state index in [1.807, 2.05) is 18.2 Å². The number of ether oxygens (including phenoxy) is 1. The summed E-state index contributed by atoms with van der Waals surface area (Å²) < 4.78 is 6.51. The summed E-state index contributed by atoms with van der Waals surface area (Å²) in [7, 11) is 1.70. The van der Waals surface area contributed by atoms with Gasteiger partial charge in [-0.15, -0.1) is 11.6 Å². The van der Waals surface area contributed by atoms with Gasteiger partial charge in [0.1, 0.15) is 5.75 Å². The second-order valence-corrected chi connectivity index (χ2v) is 6.14. The molecule has 2 aromatic carbocycles. The van der Waals surface area contributed by atoms with Crippen LogP contribution in [0.15, 0.2) is 53.0 Å². The summed E-state index contributed by atoms with van der Waals surface area (Å²) in [5.74, 6) is 1.52. The Hall–Kier alpha value is -1.03. The fourth-order valence-electron chi connectivity index (χ4n) is 2.29. The third kappa shape index (κ3) is 5.03. The number of hydrogen-bond acceptors (Lipinski definition) is 2. The van der Waals surface area contributed by atoms with Crippen molar-refractivity contribution in [2.45, 2.75) is 13.1 Å². The SMILES string of the molecule is COc1ccc(Br)cc1CN(CCCl)Cc1ccccc1. The topological polar surface area (TPSA) is 12.5 Å². The van der Waals surface area contributed by atoms with Gasteiger partial charge in [0.25, 0.3) is 0 Å². The maximum absolute atomic E-state index is 5.95. The average Bonchev–Trinajstić information content (AvgIpc) is 2.49. The van der Waals surface area contributed by atoms with E-state index in [0.29, 0.717) is 5.88 Å². The molecule has 0 fully saturated rings. The van der Waals surface area contributed by atoms with Crippen molar-refractivity contribution in [1.29, 1.82) is 0 Å². The van der Waals surface area contributed by atoms with Crippen LogP contribution in [0, 0.1) is 0 Å². The largest absolute Gasteiger partial charge is 0.496 e. The van der Waals surface area contributed by atoms with Gasteiger partial charge in [0.05, 0.1) is 7.11 Å². The van der Waals surface area contributed by atoms with E-state index in [9.17, 15) is 0 Å². The quantitative estimate of drug-likeness (QED) is 0.657. The summed E-state index contributed by atoms with van der Waals surface area (Å²) in [6.45, 7) is 2.53. The Labute approximate surface area is 139 Å². The normalized spacial score (nSPS) is 10.9. The lowest BCUT2D eigenvalue weighted by Crippen LogP contribution is -2.25. The van der Waals surface area contributed by atoms with E-state index >= 15 is 0 Å². The minimum absolute atomic E-state index is 0.614. The fourth-order valence-corrected chi connectivity index (χ4v) is 2.93. The van der Waals surface area contributed by atoms with Gasteiger partial charge in [-0.3, -0.25) is 4.90 Å². The number of halogens is 2. The van der Waals surface area contributed by atoms with Crippen LogP contribution in [0.25, 0.3) is 0 Å². The molecule has 0 atom stereocenters. The molecule has 0 aliphatic carbocycles. The van der Waals surface area contributed by atoms with Crippen LogP contribution in [0.2, 0.25) is 0 Å². The molecule has 0 N–H and O–H groups in total. The Kier molecular flexibility index (Phi) is 6.55. The van der Waals surface area contributed by atoms with E-state index in [4.69, 9.17) is 16.3 Å². The molecule has 0 heterocycles. The lowest BCUT2D eigenvalue weighted by molar-refractivity contribution is 0.268. The predicted octanol–water partition coefficient (Wildman–Crippen LogP) is 4.70. The van der Waals surface area contributed by atoms with Crippen molar-refractivity contribution in [3.05, 3.63) is 64.1 Å². The van der Waals surface area contributed by atoms with Crippen molar-refractivity contribution in [1.82, 2.24) is 4.90 Å². The molecule has 0 aliphatic heterocycles. The van der Waals surface area contributed by atoms with Crippen LogP contribution in [0.1, 0.15) is 11.1 Å². The molecule has 2 nitrogen and oxygen atoms in total. The molecular formula is C17H19BrClNO. The smallest absolute Gasteiger partial charge is 0.123 e. The highest BCUT2D eigenvalue weighted by molar-refractivity contribution is 9.10. The summed E-state index contributed by atoms with van der Waals surface area (Å²) in [5, 5.41) is 0. The van der Waals surface area contributed by atoms with Gasteiger partial charge in [0.2, 0.25) is 0 Å². The Morgan fingerprint density at radius 2 is 1.86 bits per heavy atom. The molecule has 112 valence electrons. The zero-order chi connectivity index (χ0) is 15.1. The van der Waals surface area contributed by atoms with Crippen molar-refractivity contribution in [2.24, 2.45) is 0 Å². The lowest BCUT2D eigenvalue weighted by atomic mass is 10.1. The van der Waals surface area contributed by atoms with Gasteiger partial charge in [0.15, 0.2) is 0 Å². The number of nitrogens with zero attached hydrogens (tertiary/aromatic N) is 1. The first-order chi connectivity index (χ1) is 10.2. The molecule has 0 radical (unpaired) electrons. The highest BCUT2D eigenvalue weighted by atomic mass is 79.9. The molecule has 0 spiro atoms. The van der Waals surface area contributed by atoms with Gasteiger partial charge < -0.3 is 4.74 Å². The van der Waals surface area contributed by atoms with Gasteiger partial charge in [-0.1, -0.05) is 46.3 Å². The van der Waals surface area contributed by atoms with Crippen LogP contribution in [0.5, 0.6) is 5.75 Å². The fraction of sp³-hybridized carbons (Fsp3) is 0.294. The number of alkyl halides is 1. The Bertz CT molecular complexity index is 562. The van der Waals surface area contributed by atoms with E-state index in [-0.39, 0.29) is 0 Å². The number of hydrogen-bond donors (Lipinski definition) is 0. The summed E-state index contributed by atoms with van der Waals surface area (Å²) in [5.41, 5.74) is 2.45. The van der Waals surface area contributed by atoms with E-state index in [0.717, 1.165) is 35.4 Å². The first kappa shape index (κ1) is 16.3. The van der Waals surface area contributed by atoms with Crippen molar-refractivity contribution < 1.29 is 4.74 Å². The van der Waals surface area contributed by atoms with Crippen LogP contribution < -0.4 is 4.74 Å². The third-order valence-electron chi connectivity index (χ3n) is 3.29. The highest BCUT2D eigenvalue weighted by Crippen LogP contribution is 2.25. The molecule has 21 heavy (non-hydrogen) atoms. The Balaban J connectivity index is 2.14. The third-order valence-corrected chi connectivity index (χ3v) is 3.95. The summed E-state index contributed by atoms with van der Waals surface area (Å²) in [6.07, 6.45) is 0. The van der Waals surface area contributed by atoms with Crippen LogP contribution in [-0.4, -0.2) is 24.4 Å². The van der Waals surface area contributed by atoms with Gasteiger partial charge in [-0.2, -0.15) is 0 Å². The van der Waals surface area contributed by atoms with Crippen molar-refractivity contribution >= 4 is 27.5 Å². The standard InChI is InChI=1S/C17H19BrClNO/c1-21-17-8-7-16(18)11-15(17)13-20(10-9-19)12-14-5-3-2-4-6-14/h2-8,11H,9-10,12-13H2,1H3. The van der Waals surface area contributed by atoms with Gasteiger partial charge in [-0.05, 0) is 23.8 Å².